The van der Waals surface area contributed by atoms with Gasteiger partial charge in [0.05, 0.1) is 6.21 Å². The lowest BCUT2D eigenvalue weighted by atomic mass is 10.0. The fraction of sp³-hybridized carbons (Fsp3) is 0.100. The maximum Gasteiger partial charge on any atom is 0.262 e. The molecule has 26 heavy (non-hydrogen) atoms. The molecule has 3 N–H and O–H groups in total. The number of hydrogen-bond acceptors (Lipinski definition) is 4. The number of phenolic OH excluding ortho intramolecular Hbond substituents is 1. The normalized spacial score (nSPS) is 12.2. The monoisotopic (exact) mass is 367 g/mol. The molecule has 3 rings (SSSR count). The second kappa shape index (κ2) is 7.89. The van der Waals surface area contributed by atoms with Crippen LogP contribution in [-0.2, 0) is 4.79 Å². The Morgan fingerprint density at radius 1 is 1.15 bits per heavy atom. The molecular weight excluding hydrogens is 350 g/mol. The van der Waals surface area contributed by atoms with E-state index in [1.807, 2.05) is 36.4 Å². The second-order valence-corrected chi connectivity index (χ2v) is 6.27. The average Bonchev–Trinajstić information content (AvgIpc) is 2.63. The molecule has 0 heterocycles. The maximum atomic E-state index is 12.2. The van der Waals surface area contributed by atoms with Gasteiger partial charge in [-0.25, -0.2) is 5.43 Å². The molecule has 132 valence electrons. The molecule has 0 aromatic heterocycles. The van der Waals surface area contributed by atoms with Crippen LogP contribution in [0.4, 0.5) is 5.69 Å². The van der Waals surface area contributed by atoms with Gasteiger partial charge in [-0.1, -0.05) is 48.0 Å². The largest absolute Gasteiger partial charge is 0.507 e. The van der Waals surface area contributed by atoms with E-state index in [9.17, 15) is 9.90 Å². The van der Waals surface area contributed by atoms with Gasteiger partial charge in [-0.05, 0) is 42.0 Å². The number of anilines is 1. The lowest BCUT2D eigenvalue weighted by Gasteiger charge is -2.13. The van der Waals surface area contributed by atoms with Crippen LogP contribution < -0.4 is 10.7 Å². The lowest BCUT2D eigenvalue weighted by Crippen LogP contribution is -2.34. The van der Waals surface area contributed by atoms with Gasteiger partial charge < -0.3 is 10.4 Å². The van der Waals surface area contributed by atoms with Crippen molar-refractivity contribution in [2.24, 2.45) is 5.10 Å². The van der Waals surface area contributed by atoms with E-state index in [-0.39, 0.29) is 11.7 Å². The number of hydrazone groups is 1. The molecule has 0 aliphatic rings. The van der Waals surface area contributed by atoms with Crippen LogP contribution in [-0.4, -0.2) is 23.3 Å². The van der Waals surface area contributed by atoms with E-state index in [0.717, 1.165) is 16.5 Å². The van der Waals surface area contributed by atoms with Crippen molar-refractivity contribution in [3.05, 3.63) is 71.2 Å². The molecule has 3 aromatic rings. The van der Waals surface area contributed by atoms with E-state index in [4.69, 9.17) is 11.6 Å². The zero-order valence-corrected chi connectivity index (χ0v) is 14.9. The second-order valence-electron chi connectivity index (χ2n) is 5.83. The first kappa shape index (κ1) is 17.8. The minimum Gasteiger partial charge on any atom is -0.507 e. The van der Waals surface area contributed by atoms with E-state index in [1.54, 1.807) is 31.2 Å². The summed E-state index contributed by atoms with van der Waals surface area (Å²) in [5.41, 5.74) is 3.78. The van der Waals surface area contributed by atoms with Gasteiger partial charge in [-0.3, -0.25) is 4.79 Å². The third kappa shape index (κ3) is 4.13. The predicted octanol–water partition coefficient (Wildman–Crippen LogP) is 4.15. The quantitative estimate of drug-likeness (QED) is 0.468. The number of aromatic hydroxyl groups is 1. The van der Waals surface area contributed by atoms with Gasteiger partial charge in [0.15, 0.2) is 0 Å². The molecule has 0 unspecified atom stereocenters. The van der Waals surface area contributed by atoms with Gasteiger partial charge in [0, 0.05) is 16.3 Å². The summed E-state index contributed by atoms with van der Waals surface area (Å²) in [6.45, 7) is 1.72. The van der Waals surface area contributed by atoms with Crippen molar-refractivity contribution in [2.75, 3.05) is 5.32 Å². The van der Waals surface area contributed by atoms with Gasteiger partial charge >= 0.3 is 0 Å². The summed E-state index contributed by atoms with van der Waals surface area (Å²) in [4.78, 5) is 12.2. The van der Waals surface area contributed by atoms with Gasteiger partial charge in [-0.15, -0.1) is 0 Å². The molecule has 1 atom stereocenters. The molecule has 3 aromatic carbocycles. The van der Waals surface area contributed by atoms with Gasteiger partial charge in [-0.2, -0.15) is 5.10 Å². The first-order chi connectivity index (χ1) is 12.5. The number of carbonyl (C=O) groups excluding carboxylic acids is 1. The predicted molar refractivity (Wildman–Crippen MR) is 106 cm³/mol. The Bertz CT molecular complexity index is 972. The first-order valence-electron chi connectivity index (χ1n) is 8.10. The van der Waals surface area contributed by atoms with Gasteiger partial charge in [0.2, 0.25) is 0 Å². The Morgan fingerprint density at radius 3 is 2.77 bits per heavy atom. The number of carbonyl (C=O) groups is 1. The summed E-state index contributed by atoms with van der Waals surface area (Å²) >= 11 is 5.93. The highest BCUT2D eigenvalue weighted by Gasteiger charge is 2.12. The van der Waals surface area contributed by atoms with Crippen LogP contribution in [0, 0.1) is 0 Å². The summed E-state index contributed by atoms with van der Waals surface area (Å²) in [5.74, 6) is -0.201. The minimum atomic E-state index is -0.508. The Balaban J connectivity index is 1.68. The van der Waals surface area contributed by atoms with Crippen molar-refractivity contribution >= 4 is 40.2 Å². The summed E-state index contributed by atoms with van der Waals surface area (Å²) in [6, 6.07) is 17.7. The zero-order valence-electron chi connectivity index (χ0n) is 14.1. The summed E-state index contributed by atoms with van der Waals surface area (Å²) in [6.07, 6.45) is 1.45. The molecule has 0 fully saturated rings. The fourth-order valence-electron chi connectivity index (χ4n) is 2.57. The number of fused-ring (bicyclic) bond motifs is 1. The van der Waals surface area contributed by atoms with E-state index in [2.05, 4.69) is 15.8 Å². The topological polar surface area (TPSA) is 73.7 Å². The number of amides is 1. The molecule has 0 bridgehead atoms. The zero-order chi connectivity index (χ0) is 18.5. The molecule has 0 aliphatic heterocycles. The Hall–Kier alpha value is -3.05. The smallest absolute Gasteiger partial charge is 0.262 e. The van der Waals surface area contributed by atoms with Crippen molar-refractivity contribution in [2.45, 2.75) is 13.0 Å². The van der Waals surface area contributed by atoms with Gasteiger partial charge in [0.25, 0.3) is 5.91 Å². The molecule has 1 amide bonds. The van der Waals surface area contributed by atoms with E-state index in [1.165, 1.54) is 6.21 Å². The van der Waals surface area contributed by atoms with Crippen LogP contribution in [0.5, 0.6) is 5.75 Å². The molecular formula is C20H18ClN3O2. The minimum absolute atomic E-state index is 0.104. The Morgan fingerprint density at radius 2 is 1.96 bits per heavy atom. The highest BCUT2D eigenvalue weighted by atomic mass is 35.5. The number of hydrogen-bond donors (Lipinski definition) is 3. The third-order valence-corrected chi connectivity index (χ3v) is 4.15. The molecule has 0 spiro atoms. The van der Waals surface area contributed by atoms with Crippen LogP contribution in [0.1, 0.15) is 12.5 Å². The highest BCUT2D eigenvalue weighted by Crippen LogP contribution is 2.25. The van der Waals surface area contributed by atoms with Crippen LogP contribution in [0.2, 0.25) is 5.02 Å². The number of halogens is 1. The van der Waals surface area contributed by atoms with E-state index in [0.29, 0.717) is 10.6 Å². The third-order valence-electron chi connectivity index (χ3n) is 3.92. The number of nitrogens with one attached hydrogen (secondary N) is 2. The molecule has 0 radical (unpaired) electrons. The Kier molecular flexibility index (Phi) is 5.39. The number of rotatable bonds is 5. The molecule has 0 aliphatic carbocycles. The van der Waals surface area contributed by atoms with E-state index < -0.39 is 6.04 Å². The number of benzene rings is 3. The molecule has 6 heteroatoms. The van der Waals surface area contributed by atoms with E-state index >= 15 is 0 Å². The van der Waals surface area contributed by atoms with Crippen molar-refractivity contribution in [1.29, 1.82) is 0 Å². The molecule has 5 nitrogen and oxygen atoms in total. The Labute approximate surface area is 156 Å². The highest BCUT2D eigenvalue weighted by molar-refractivity contribution is 6.30. The fourth-order valence-corrected chi connectivity index (χ4v) is 2.76. The summed E-state index contributed by atoms with van der Waals surface area (Å²) < 4.78 is 0. The van der Waals surface area contributed by atoms with Crippen LogP contribution >= 0.6 is 11.6 Å². The van der Waals surface area contributed by atoms with Crippen LogP contribution in [0.3, 0.4) is 0 Å². The summed E-state index contributed by atoms with van der Waals surface area (Å²) in [7, 11) is 0. The number of nitrogens with zero attached hydrogens (tertiary/aromatic N) is 1. The first-order valence-corrected chi connectivity index (χ1v) is 8.48. The standard InChI is InChI=1S/C20H18ClN3O2/c1-13(23-16-7-4-6-15(21)11-16)20(26)24-22-12-18-17-8-3-2-5-14(17)9-10-19(18)25/h2-13,23,25H,1H3,(H,24,26)/b22-12-/t13-/m1/s1. The van der Waals surface area contributed by atoms with Crippen LogP contribution in [0.25, 0.3) is 10.8 Å². The molecule has 0 saturated carbocycles. The lowest BCUT2D eigenvalue weighted by molar-refractivity contribution is -0.121. The SMILES string of the molecule is C[C@@H](Nc1cccc(Cl)c1)C(=O)N/N=C\c1c(O)ccc2ccccc12. The average molecular weight is 368 g/mol. The van der Waals surface area contributed by atoms with Crippen molar-refractivity contribution in [1.82, 2.24) is 5.43 Å². The van der Waals surface area contributed by atoms with Gasteiger partial charge in [0.1, 0.15) is 11.8 Å². The van der Waals surface area contributed by atoms with Crippen molar-refractivity contribution in [3.8, 4) is 5.75 Å². The molecule has 0 saturated heterocycles. The van der Waals surface area contributed by atoms with Crippen molar-refractivity contribution in [3.63, 3.8) is 0 Å². The number of phenols is 1. The maximum absolute atomic E-state index is 12.2. The summed E-state index contributed by atoms with van der Waals surface area (Å²) in [5, 5.41) is 19.5. The van der Waals surface area contributed by atoms with Crippen LogP contribution in [0.15, 0.2) is 65.8 Å². The van der Waals surface area contributed by atoms with Crippen molar-refractivity contribution < 1.29 is 9.90 Å².